The smallest absolute Gasteiger partial charge is 0.276 e. The molecule has 35 heavy (non-hydrogen) atoms. The number of hydrogen-bond acceptors (Lipinski definition) is 7. The Kier molecular flexibility index (Phi) is 6.19. The lowest BCUT2D eigenvalue weighted by Gasteiger charge is -2.27. The number of nitrogens with one attached hydrogen (secondary N) is 2. The van der Waals surface area contributed by atoms with Crippen molar-refractivity contribution in [1.29, 1.82) is 0 Å². The number of rotatable bonds is 6. The molecule has 0 bridgehead atoms. The quantitative estimate of drug-likeness (QED) is 0.323. The Morgan fingerprint density at radius 3 is 2.77 bits per heavy atom. The Morgan fingerprint density at radius 1 is 1.14 bits per heavy atom. The molecular formula is C25H25N5O5. The second-order valence-electron chi connectivity index (χ2n) is 8.32. The van der Waals surface area contributed by atoms with E-state index in [1.54, 1.807) is 36.1 Å². The van der Waals surface area contributed by atoms with Crippen molar-refractivity contribution in [1.82, 2.24) is 15.2 Å². The van der Waals surface area contributed by atoms with Gasteiger partial charge in [0, 0.05) is 37.2 Å². The molecule has 0 unspecified atom stereocenters. The van der Waals surface area contributed by atoms with Crippen LogP contribution in [0, 0.1) is 12.1 Å². The van der Waals surface area contributed by atoms with Crippen LogP contribution in [0.5, 0.6) is 0 Å². The molecule has 1 fully saturated rings. The average Bonchev–Trinajstić information content (AvgIpc) is 3.30. The van der Waals surface area contributed by atoms with Gasteiger partial charge in [0.05, 0.1) is 26.3 Å². The maximum atomic E-state index is 12.8. The van der Waals surface area contributed by atoms with E-state index in [0.717, 1.165) is 15.8 Å². The predicted octanol–water partition coefficient (Wildman–Crippen LogP) is 2.12. The first-order valence-corrected chi connectivity index (χ1v) is 11.4. The number of hydrogen-bond donors (Lipinski definition) is 2. The van der Waals surface area contributed by atoms with Crippen molar-refractivity contribution in [3.8, 4) is 0 Å². The molecule has 2 N–H and O–H groups in total. The first-order chi connectivity index (χ1) is 17.0. The zero-order chi connectivity index (χ0) is 24.4. The van der Waals surface area contributed by atoms with Gasteiger partial charge in [0.1, 0.15) is 16.9 Å². The summed E-state index contributed by atoms with van der Waals surface area (Å²) >= 11 is 0. The molecular weight excluding hydrogens is 450 g/mol. The van der Waals surface area contributed by atoms with E-state index < -0.39 is 5.91 Å². The molecule has 0 aliphatic carbocycles. The Hall–Kier alpha value is -4.18. The van der Waals surface area contributed by atoms with Crippen LogP contribution in [-0.4, -0.2) is 54.5 Å². The van der Waals surface area contributed by atoms with Crippen LogP contribution in [0.4, 0.5) is 5.69 Å². The zero-order valence-electron chi connectivity index (χ0n) is 19.2. The van der Waals surface area contributed by atoms with E-state index in [0.29, 0.717) is 48.7 Å². The van der Waals surface area contributed by atoms with Crippen LogP contribution >= 0.6 is 0 Å². The van der Waals surface area contributed by atoms with Crippen LogP contribution in [0.2, 0.25) is 0 Å². The minimum atomic E-state index is -0.456. The Labute approximate surface area is 201 Å². The van der Waals surface area contributed by atoms with Crippen molar-refractivity contribution in [3.05, 3.63) is 70.9 Å². The fraction of sp³-hybridized carbons (Fsp3) is 0.280. The topological polar surface area (TPSA) is 124 Å². The Morgan fingerprint density at radius 2 is 1.94 bits per heavy atom. The molecule has 2 aromatic heterocycles. The highest BCUT2D eigenvalue weighted by Crippen LogP contribution is 2.23. The molecule has 4 aromatic rings. The number of aromatic nitrogens is 2. The SMILES string of the molecule is Cc1c(C(=O)NCc2cc3cc(NCC(=O)N4CCOCC4)ccc3o2)nc2ccccc2[n+]1[O-]. The third-order valence-electron chi connectivity index (χ3n) is 5.99. The zero-order valence-corrected chi connectivity index (χ0v) is 19.2. The van der Waals surface area contributed by atoms with Crippen molar-refractivity contribution < 1.29 is 23.5 Å². The number of furan rings is 1. The van der Waals surface area contributed by atoms with Crippen molar-refractivity contribution in [3.63, 3.8) is 0 Å². The van der Waals surface area contributed by atoms with Gasteiger partial charge in [0.2, 0.25) is 17.1 Å². The molecule has 2 aromatic carbocycles. The predicted molar refractivity (Wildman–Crippen MR) is 129 cm³/mol. The standard InChI is InChI=1S/C25H25N5O5/c1-16-24(28-20-4-2-3-5-21(20)30(16)33)25(32)27-14-19-13-17-12-18(6-7-22(17)35-19)26-15-23(31)29-8-10-34-11-9-29/h2-7,12-13,26H,8-11,14-15H2,1H3,(H,27,32). The summed E-state index contributed by atoms with van der Waals surface area (Å²) in [5.41, 5.74) is 2.63. The summed E-state index contributed by atoms with van der Waals surface area (Å²) in [5, 5.41) is 19.3. The van der Waals surface area contributed by atoms with Gasteiger partial charge in [-0.1, -0.05) is 12.1 Å². The number of amides is 2. The fourth-order valence-corrected chi connectivity index (χ4v) is 4.07. The minimum Gasteiger partial charge on any atom is -0.618 e. The first kappa shape index (κ1) is 22.6. The second kappa shape index (κ2) is 9.59. The molecule has 2 amide bonds. The molecule has 1 aliphatic rings. The van der Waals surface area contributed by atoms with Gasteiger partial charge in [-0.3, -0.25) is 9.59 Å². The molecule has 10 heteroatoms. The molecule has 3 heterocycles. The van der Waals surface area contributed by atoms with Crippen LogP contribution < -0.4 is 15.4 Å². The largest absolute Gasteiger partial charge is 0.618 e. The maximum Gasteiger partial charge on any atom is 0.276 e. The molecule has 10 nitrogen and oxygen atoms in total. The highest BCUT2D eigenvalue weighted by molar-refractivity contribution is 5.94. The van der Waals surface area contributed by atoms with Crippen LogP contribution in [0.3, 0.4) is 0 Å². The summed E-state index contributed by atoms with van der Waals surface area (Å²) in [6.07, 6.45) is 0. The number of carbonyl (C=O) groups excluding carboxylic acids is 2. The lowest BCUT2D eigenvalue weighted by Crippen LogP contribution is -2.43. The number of nitrogens with zero attached hydrogens (tertiary/aromatic N) is 3. The van der Waals surface area contributed by atoms with E-state index in [9.17, 15) is 14.8 Å². The monoisotopic (exact) mass is 475 g/mol. The number of morpholine rings is 1. The highest BCUT2D eigenvalue weighted by atomic mass is 16.5. The van der Waals surface area contributed by atoms with Crippen molar-refractivity contribution >= 4 is 39.5 Å². The van der Waals surface area contributed by atoms with E-state index in [4.69, 9.17) is 9.15 Å². The minimum absolute atomic E-state index is 0.0287. The van der Waals surface area contributed by atoms with Crippen LogP contribution in [-0.2, 0) is 16.1 Å². The molecule has 180 valence electrons. The average molecular weight is 476 g/mol. The summed E-state index contributed by atoms with van der Waals surface area (Å²) in [7, 11) is 0. The number of fused-ring (bicyclic) bond motifs is 2. The molecule has 5 rings (SSSR count). The van der Waals surface area contributed by atoms with Crippen LogP contribution in [0.1, 0.15) is 21.9 Å². The molecule has 0 radical (unpaired) electrons. The third-order valence-corrected chi connectivity index (χ3v) is 5.99. The van der Waals surface area contributed by atoms with Gasteiger partial charge in [-0.05, 0) is 30.3 Å². The molecule has 1 saturated heterocycles. The number of benzene rings is 2. The van der Waals surface area contributed by atoms with Crippen molar-refractivity contribution in [2.45, 2.75) is 13.5 Å². The Balaban J connectivity index is 1.24. The van der Waals surface area contributed by atoms with Crippen LogP contribution in [0.15, 0.2) is 52.9 Å². The second-order valence-corrected chi connectivity index (χ2v) is 8.32. The van der Waals surface area contributed by atoms with E-state index in [1.165, 1.54) is 0 Å². The van der Waals surface area contributed by atoms with Gasteiger partial charge in [0.25, 0.3) is 5.91 Å². The van der Waals surface area contributed by atoms with Crippen LogP contribution in [0.25, 0.3) is 22.0 Å². The van der Waals surface area contributed by atoms with Crippen molar-refractivity contribution in [2.75, 3.05) is 38.2 Å². The molecule has 0 atom stereocenters. The summed E-state index contributed by atoms with van der Waals surface area (Å²) in [6, 6.07) is 14.3. The summed E-state index contributed by atoms with van der Waals surface area (Å²) < 4.78 is 11.8. The number of anilines is 1. The Bertz CT molecular complexity index is 1410. The number of para-hydroxylation sites is 2. The lowest BCUT2D eigenvalue weighted by molar-refractivity contribution is -0.584. The van der Waals surface area contributed by atoms with Gasteiger partial charge >= 0.3 is 0 Å². The fourth-order valence-electron chi connectivity index (χ4n) is 4.07. The van der Waals surface area contributed by atoms with E-state index >= 15 is 0 Å². The van der Waals surface area contributed by atoms with Gasteiger partial charge in [-0.25, -0.2) is 4.98 Å². The molecule has 0 spiro atoms. The first-order valence-electron chi connectivity index (χ1n) is 11.4. The number of carbonyl (C=O) groups is 2. The summed E-state index contributed by atoms with van der Waals surface area (Å²) in [4.78, 5) is 31.3. The summed E-state index contributed by atoms with van der Waals surface area (Å²) in [5.74, 6) is 0.131. The third kappa shape index (κ3) is 4.73. The summed E-state index contributed by atoms with van der Waals surface area (Å²) in [6.45, 7) is 4.27. The highest BCUT2D eigenvalue weighted by Gasteiger charge is 2.21. The normalized spacial score (nSPS) is 13.8. The van der Waals surface area contributed by atoms with Gasteiger partial charge in [-0.15, -0.1) is 0 Å². The van der Waals surface area contributed by atoms with E-state index in [1.807, 2.05) is 24.3 Å². The van der Waals surface area contributed by atoms with E-state index in [2.05, 4.69) is 15.6 Å². The van der Waals surface area contributed by atoms with E-state index in [-0.39, 0.29) is 30.4 Å². The maximum absolute atomic E-state index is 12.8. The molecule has 0 saturated carbocycles. The lowest BCUT2D eigenvalue weighted by atomic mass is 10.2. The molecule has 1 aliphatic heterocycles. The van der Waals surface area contributed by atoms with Gasteiger partial charge in [0.15, 0.2) is 5.69 Å². The number of ether oxygens (including phenoxy) is 1. The van der Waals surface area contributed by atoms with Crippen molar-refractivity contribution in [2.24, 2.45) is 0 Å². The van der Waals surface area contributed by atoms with Gasteiger partial charge < -0.3 is 29.9 Å². The van der Waals surface area contributed by atoms with Gasteiger partial charge in [-0.2, -0.15) is 4.73 Å².